The summed E-state index contributed by atoms with van der Waals surface area (Å²) >= 11 is 9.48. The lowest BCUT2D eigenvalue weighted by Gasteiger charge is -2.36. The van der Waals surface area contributed by atoms with E-state index in [-0.39, 0.29) is 12.5 Å². The van der Waals surface area contributed by atoms with Gasteiger partial charge in [-0.3, -0.25) is 4.79 Å². The molecular formula is C19H20BrClN2O2. The van der Waals surface area contributed by atoms with Gasteiger partial charge >= 0.3 is 0 Å². The molecule has 4 nitrogen and oxygen atoms in total. The molecule has 2 aromatic carbocycles. The zero-order valence-electron chi connectivity index (χ0n) is 14.0. The summed E-state index contributed by atoms with van der Waals surface area (Å²) in [6, 6.07) is 13.6. The first kappa shape index (κ1) is 18.1. The molecular weight excluding hydrogens is 404 g/mol. The second-order valence-corrected chi connectivity index (χ2v) is 7.40. The van der Waals surface area contributed by atoms with Crippen LogP contribution in [0.3, 0.4) is 0 Å². The summed E-state index contributed by atoms with van der Waals surface area (Å²) in [6.07, 6.45) is 0. The topological polar surface area (TPSA) is 32.8 Å². The van der Waals surface area contributed by atoms with E-state index in [0.29, 0.717) is 13.1 Å². The Morgan fingerprint density at radius 2 is 1.92 bits per heavy atom. The maximum atomic E-state index is 12.4. The minimum absolute atomic E-state index is 0.0214. The van der Waals surface area contributed by atoms with Crippen LogP contribution in [0.5, 0.6) is 5.75 Å². The second kappa shape index (κ2) is 8.11. The number of carbonyl (C=O) groups is 1. The predicted molar refractivity (Wildman–Crippen MR) is 105 cm³/mol. The van der Waals surface area contributed by atoms with Gasteiger partial charge in [0.05, 0.1) is 0 Å². The molecule has 1 fully saturated rings. The van der Waals surface area contributed by atoms with Crippen molar-refractivity contribution in [2.24, 2.45) is 0 Å². The lowest BCUT2D eigenvalue weighted by molar-refractivity contribution is -0.133. The summed E-state index contributed by atoms with van der Waals surface area (Å²) in [5, 5.41) is 0.731. The van der Waals surface area contributed by atoms with Crippen molar-refractivity contribution in [1.29, 1.82) is 0 Å². The number of benzene rings is 2. The number of carbonyl (C=O) groups excluding carboxylic acids is 1. The Labute approximate surface area is 161 Å². The molecule has 1 saturated heterocycles. The number of hydrogen-bond acceptors (Lipinski definition) is 3. The SMILES string of the molecule is Cc1cc(Br)ccc1OCC(=O)N1CCN(c2cccc(Cl)c2)CC1. The van der Waals surface area contributed by atoms with Crippen molar-refractivity contribution in [1.82, 2.24) is 4.90 Å². The number of halogens is 2. The van der Waals surface area contributed by atoms with Gasteiger partial charge in [-0.05, 0) is 48.9 Å². The van der Waals surface area contributed by atoms with E-state index < -0.39 is 0 Å². The van der Waals surface area contributed by atoms with Crippen LogP contribution in [0, 0.1) is 6.92 Å². The lowest BCUT2D eigenvalue weighted by Crippen LogP contribution is -2.50. The van der Waals surface area contributed by atoms with Crippen molar-refractivity contribution < 1.29 is 9.53 Å². The molecule has 132 valence electrons. The summed E-state index contributed by atoms with van der Waals surface area (Å²) in [5.74, 6) is 0.766. The maximum absolute atomic E-state index is 12.4. The molecule has 6 heteroatoms. The van der Waals surface area contributed by atoms with E-state index in [0.717, 1.165) is 39.6 Å². The third-order valence-corrected chi connectivity index (χ3v) is 5.02. The molecule has 0 atom stereocenters. The largest absolute Gasteiger partial charge is 0.483 e. The Bertz CT molecular complexity index is 761. The van der Waals surface area contributed by atoms with Crippen LogP contribution in [-0.2, 0) is 4.79 Å². The Kier molecular flexibility index (Phi) is 5.86. The van der Waals surface area contributed by atoms with Gasteiger partial charge in [-0.15, -0.1) is 0 Å². The first-order valence-electron chi connectivity index (χ1n) is 8.20. The minimum atomic E-state index is 0.0214. The van der Waals surface area contributed by atoms with Crippen LogP contribution in [0.2, 0.25) is 5.02 Å². The quantitative estimate of drug-likeness (QED) is 0.741. The number of nitrogens with zero attached hydrogens (tertiary/aromatic N) is 2. The molecule has 1 aliphatic heterocycles. The van der Waals surface area contributed by atoms with Crippen LogP contribution < -0.4 is 9.64 Å². The van der Waals surface area contributed by atoms with Gasteiger partial charge in [0.25, 0.3) is 5.91 Å². The number of piperazine rings is 1. The number of anilines is 1. The molecule has 0 radical (unpaired) electrons. The van der Waals surface area contributed by atoms with Crippen LogP contribution in [0.4, 0.5) is 5.69 Å². The molecule has 1 aliphatic rings. The fourth-order valence-corrected chi connectivity index (χ4v) is 3.55. The van der Waals surface area contributed by atoms with E-state index in [1.54, 1.807) is 0 Å². The molecule has 0 aromatic heterocycles. The van der Waals surface area contributed by atoms with E-state index in [1.807, 2.05) is 54.3 Å². The summed E-state index contributed by atoms with van der Waals surface area (Å²) in [6.45, 7) is 5.00. The van der Waals surface area contributed by atoms with Gasteiger partial charge in [0.2, 0.25) is 0 Å². The van der Waals surface area contributed by atoms with Gasteiger partial charge in [0, 0.05) is 41.4 Å². The number of amides is 1. The molecule has 1 heterocycles. The molecule has 0 unspecified atom stereocenters. The highest BCUT2D eigenvalue weighted by Crippen LogP contribution is 2.23. The average Bonchev–Trinajstić information content (AvgIpc) is 2.61. The molecule has 3 rings (SSSR count). The molecule has 0 saturated carbocycles. The van der Waals surface area contributed by atoms with Crippen LogP contribution in [0.1, 0.15) is 5.56 Å². The average molecular weight is 424 g/mol. The first-order chi connectivity index (χ1) is 12.0. The summed E-state index contributed by atoms with van der Waals surface area (Å²) in [5.41, 5.74) is 2.11. The number of hydrogen-bond donors (Lipinski definition) is 0. The zero-order chi connectivity index (χ0) is 17.8. The molecule has 0 bridgehead atoms. The molecule has 1 amide bonds. The Morgan fingerprint density at radius 1 is 1.16 bits per heavy atom. The zero-order valence-corrected chi connectivity index (χ0v) is 16.4. The monoisotopic (exact) mass is 422 g/mol. The second-order valence-electron chi connectivity index (χ2n) is 6.05. The van der Waals surface area contributed by atoms with Gasteiger partial charge in [-0.25, -0.2) is 0 Å². The Morgan fingerprint density at radius 3 is 2.60 bits per heavy atom. The van der Waals surface area contributed by atoms with Crippen LogP contribution >= 0.6 is 27.5 Å². The first-order valence-corrected chi connectivity index (χ1v) is 9.37. The molecule has 0 aliphatic carbocycles. The van der Waals surface area contributed by atoms with Gasteiger partial charge in [-0.1, -0.05) is 33.6 Å². The van der Waals surface area contributed by atoms with Crippen LogP contribution in [0.15, 0.2) is 46.9 Å². The standard InChI is InChI=1S/C19H20BrClN2O2/c1-14-11-15(20)5-6-18(14)25-13-19(24)23-9-7-22(8-10-23)17-4-2-3-16(21)12-17/h2-6,11-12H,7-10,13H2,1H3. The van der Waals surface area contributed by atoms with E-state index in [4.69, 9.17) is 16.3 Å². The summed E-state index contributed by atoms with van der Waals surface area (Å²) in [7, 11) is 0. The fourth-order valence-electron chi connectivity index (χ4n) is 2.89. The van der Waals surface area contributed by atoms with Crippen molar-refractivity contribution in [2.75, 3.05) is 37.7 Å². The number of rotatable bonds is 4. The molecule has 2 aromatic rings. The molecule has 25 heavy (non-hydrogen) atoms. The van der Waals surface area contributed by atoms with Crippen molar-refractivity contribution >= 4 is 39.1 Å². The van der Waals surface area contributed by atoms with Crippen LogP contribution in [0.25, 0.3) is 0 Å². The highest BCUT2D eigenvalue weighted by molar-refractivity contribution is 9.10. The fraction of sp³-hybridized carbons (Fsp3) is 0.316. The summed E-state index contributed by atoms with van der Waals surface area (Å²) < 4.78 is 6.69. The smallest absolute Gasteiger partial charge is 0.260 e. The van der Waals surface area contributed by atoms with Crippen molar-refractivity contribution in [2.45, 2.75) is 6.92 Å². The van der Waals surface area contributed by atoms with E-state index in [9.17, 15) is 4.79 Å². The van der Waals surface area contributed by atoms with Gasteiger partial charge in [0.15, 0.2) is 6.61 Å². The number of ether oxygens (including phenoxy) is 1. The van der Waals surface area contributed by atoms with E-state index in [2.05, 4.69) is 20.8 Å². The lowest BCUT2D eigenvalue weighted by atomic mass is 10.2. The summed E-state index contributed by atoms with van der Waals surface area (Å²) in [4.78, 5) is 16.5. The maximum Gasteiger partial charge on any atom is 0.260 e. The Hall–Kier alpha value is -1.72. The third-order valence-electron chi connectivity index (χ3n) is 4.29. The highest BCUT2D eigenvalue weighted by Gasteiger charge is 2.21. The van der Waals surface area contributed by atoms with Gasteiger partial charge in [0.1, 0.15) is 5.75 Å². The van der Waals surface area contributed by atoms with Gasteiger partial charge in [-0.2, -0.15) is 0 Å². The van der Waals surface area contributed by atoms with E-state index >= 15 is 0 Å². The minimum Gasteiger partial charge on any atom is -0.483 e. The van der Waals surface area contributed by atoms with Crippen molar-refractivity contribution in [3.8, 4) is 5.75 Å². The number of aryl methyl sites for hydroxylation is 1. The highest BCUT2D eigenvalue weighted by atomic mass is 79.9. The van der Waals surface area contributed by atoms with Gasteiger partial charge < -0.3 is 14.5 Å². The molecule has 0 N–H and O–H groups in total. The third kappa shape index (κ3) is 4.67. The normalized spacial score (nSPS) is 14.5. The van der Waals surface area contributed by atoms with Crippen molar-refractivity contribution in [3.05, 3.63) is 57.5 Å². The van der Waals surface area contributed by atoms with E-state index in [1.165, 1.54) is 0 Å². The van der Waals surface area contributed by atoms with Crippen molar-refractivity contribution in [3.63, 3.8) is 0 Å². The molecule has 0 spiro atoms. The predicted octanol–water partition coefficient (Wildman–Crippen LogP) is 4.14. The van der Waals surface area contributed by atoms with Crippen LogP contribution in [-0.4, -0.2) is 43.6 Å². The Balaban J connectivity index is 1.51.